The minimum atomic E-state index is 0.0181. The zero-order chi connectivity index (χ0) is 12.4. The summed E-state index contributed by atoms with van der Waals surface area (Å²) in [7, 11) is 0. The molecule has 0 radical (unpaired) electrons. The van der Waals surface area contributed by atoms with Crippen LogP contribution in [0.4, 0.5) is 0 Å². The minimum Gasteiger partial charge on any atom is -0.507 e. The normalized spacial score (nSPS) is 20.4. The number of halogens is 1. The fraction of sp³-hybridized carbons (Fsp3) is 0.417. The van der Waals surface area contributed by atoms with Gasteiger partial charge in [0.05, 0.1) is 3.57 Å². The molecule has 1 aliphatic heterocycles. The molecule has 1 unspecified atom stereocenters. The Morgan fingerprint density at radius 1 is 1.59 bits per heavy atom. The predicted octanol–water partition coefficient (Wildman–Crippen LogP) is 2.57. The molecule has 0 bridgehead atoms. The first-order chi connectivity index (χ1) is 8.09. The first-order valence-corrected chi connectivity index (χ1v) is 7.70. The maximum atomic E-state index is 12.3. The van der Waals surface area contributed by atoms with Crippen molar-refractivity contribution >= 4 is 40.3 Å². The van der Waals surface area contributed by atoms with Crippen molar-refractivity contribution in [1.29, 1.82) is 0 Å². The SMILES string of the molecule is CC1CSCCN1C(=O)c1ccc(I)c(O)c1. The van der Waals surface area contributed by atoms with E-state index in [1.165, 1.54) is 0 Å². The lowest BCUT2D eigenvalue weighted by atomic mass is 10.1. The van der Waals surface area contributed by atoms with Gasteiger partial charge in [0, 0.05) is 29.7 Å². The first kappa shape index (κ1) is 13.0. The fourth-order valence-electron chi connectivity index (χ4n) is 1.84. The number of hydrogen-bond acceptors (Lipinski definition) is 3. The highest BCUT2D eigenvalue weighted by atomic mass is 127. The smallest absolute Gasteiger partial charge is 0.254 e. The maximum absolute atomic E-state index is 12.3. The lowest BCUT2D eigenvalue weighted by molar-refractivity contribution is 0.0715. The quantitative estimate of drug-likeness (QED) is 0.780. The van der Waals surface area contributed by atoms with Gasteiger partial charge in [0.25, 0.3) is 5.91 Å². The molecule has 1 aromatic rings. The van der Waals surface area contributed by atoms with Crippen molar-refractivity contribution in [3.05, 3.63) is 27.3 Å². The average molecular weight is 363 g/mol. The summed E-state index contributed by atoms with van der Waals surface area (Å²) < 4.78 is 0.765. The summed E-state index contributed by atoms with van der Waals surface area (Å²) in [5, 5.41) is 9.63. The topological polar surface area (TPSA) is 40.5 Å². The van der Waals surface area contributed by atoms with Gasteiger partial charge in [0.1, 0.15) is 5.75 Å². The molecule has 2 rings (SSSR count). The summed E-state index contributed by atoms with van der Waals surface area (Å²) in [6.45, 7) is 2.86. The van der Waals surface area contributed by atoms with E-state index in [1.54, 1.807) is 18.2 Å². The van der Waals surface area contributed by atoms with Crippen LogP contribution >= 0.6 is 34.4 Å². The van der Waals surface area contributed by atoms with Gasteiger partial charge in [-0.25, -0.2) is 0 Å². The predicted molar refractivity (Wildman–Crippen MR) is 78.6 cm³/mol. The highest BCUT2D eigenvalue weighted by Crippen LogP contribution is 2.23. The Bertz CT molecular complexity index is 439. The van der Waals surface area contributed by atoms with Crippen molar-refractivity contribution < 1.29 is 9.90 Å². The van der Waals surface area contributed by atoms with Gasteiger partial charge in [-0.05, 0) is 47.7 Å². The van der Waals surface area contributed by atoms with E-state index >= 15 is 0 Å². The van der Waals surface area contributed by atoms with E-state index < -0.39 is 0 Å². The Kier molecular flexibility index (Phi) is 4.19. The van der Waals surface area contributed by atoms with Gasteiger partial charge in [0.15, 0.2) is 0 Å². The van der Waals surface area contributed by atoms with Crippen LogP contribution in [0.15, 0.2) is 18.2 Å². The van der Waals surface area contributed by atoms with Crippen molar-refractivity contribution in [3.63, 3.8) is 0 Å². The third kappa shape index (κ3) is 2.88. The van der Waals surface area contributed by atoms with E-state index in [-0.39, 0.29) is 17.7 Å². The second-order valence-electron chi connectivity index (χ2n) is 4.09. The van der Waals surface area contributed by atoms with Gasteiger partial charge in [0.2, 0.25) is 0 Å². The number of rotatable bonds is 1. The highest BCUT2D eigenvalue weighted by Gasteiger charge is 2.24. The second kappa shape index (κ2) is 5.48. The maximum Gasteiger partial charge on any atom is 0.254 e. The molecule has 1 amide bonds. The first-order valence-electron chi connectivity index (χ1n) is 5.47. The number of benzene rings is 1. The van der Waals surface area contributed by atoms with Gasteiger partial charge in [-0.3, -0.25) is 4.79 Å². The molecule has 1 heterocycles. The molecule has 0 spiro atoms. The Balaban J connectivity index is 2.21. The zero-order valence-corrected chi connectivity index (χ0v) is 12.5. The molecule has 0 saturated carbocycles. The molecule has 1 saturated heterocycles. The van der Waals surface area contributed by atoms with Crippen LogP contribution in [0.3, 0.4) is 0 Å². The minimum absolute atomic E-state index is 0.0181. The van der Waals surface area contributed by atoms with Crippen LogP contribution < -0.4 is 0 Å². The fourth-order valence-corrected chi connectivity index (χ4v) is 3.19. The monoisotopic (exact) mass is 363 g/mol. The molecule has 1 atom stereocenters. The van der Waals surface area contributed by atoms with Gasteiger partial charge < -0.3 is 10.0 Å². The van der Waals surface area contributed by atoms with E-state index in [2.05, 4.69) is 6.92 Å². The second-order valence-corrected chi connectivity index (χ2v) is 6.40. The number of phenols is 1. The van der Waals surface area contributed by atoms with Crippen LogP contribution in [0, 0.1) is 3.57 Å². The zero-order valence-electron chi connectivity index (χ0n) is 9.52. The van der Waals surface area contributed by atoms with E-state index in [0.29, 0.717) is 5.56 Å². The molecule has 1 aliphatic rings. The molecule has 5 heteroatoms. The lowest BCUT2D eigenvalue weighted by Crippen LogP contribution is -2.44. The number of hydrogen-bond donors (Lipinski definition) is 1. The molecular formula is C12H14INO2S. The summed E-state index contributed by atoms with van der Waals surface area (Å²) in [5.74, 6) is 2.18. The number of carbonyl (C=O) groups is 1. The van der Waals surface area contributed by atoms with Gasteiger partial charge in [-0.1, -0.05) is 0 Å². The molecule has 0 aliphatic carbocycles. The Morgan fingerprint density at radius 3 is 3.00 bits per heavy atom. The van der Waals surface area contributed by atoms with Crippen molar-refractivity contribution in [2.45, 2.75) is 13.0 Å². The average Bonchev–Trinajstić information content (AvgIpc) is 2.32. The molecular weight excluding hydrogens is 349 g/mol. The number of amides is 1. The standard InChI is InChI=1S/C12H14INO2S/c1-8-7-17-5-4-14(8)12(16)9-2-3-10(13)11(15)6-9/h2-3,6,8,15H,4-5,7H2,1H3. The molecule has 17 heavy (non-hydrogen) atoms. The van der Waals surface area contributed by atoms with Gasteiger partial charge in [-0.2, -0.15) is 11.8 Å². The third-order valence-electron chi connectivity index (χ3n) is 2.82. The summed E-state index contributed by atoms with van der Waals surface area (Å²) in [5.41, 5.74) is 0.571. The Hall–Kier alpha value is -0.430. The molecule has 1 aromatic carbocycles. The van der Waals surface area contributed by atoms with E-state index in [9.17, 15) is 9.90 Å². The molecule has 1 N–H and O–H groups in total. The third-order valence-corrected chi connectivity index (χ3v) is 4.92. The van der Waals surface area contributed by atoms with Crippen LogP contribution in [-0.4, -0.2) is 40.0 Å². The number of aromatic hydroxyl groups is 1. The van der Waals surface area contributed by atoms with Gasteiger partial charge >= 0.3 is 0 Å². The van der Waals surface area contributed by atoms with Crippen LogP contribution in [-0.2, 0) is 0 Å². The Morgan fingerprint density at radius 2 is 2.35 bits per heavy atom. The molecule has 1 fully saturated rings. The van der Waals surface area contributed by atoms with E-state index in [0.717, 1.165) is 21.6 Å². The lowest BCUT2D eigenvalue weighted by Gasteiger charge is -2.33. The summed E-state index contributed by atoms with van der Waals surface area (Å²) >= 11 is 3.93. The number of carbonyl (C=O) groups excluding carboxylic acids is 1. The van der Waals surface area contributed by atoms with Crippen LogP contribution in [0.1, 0.15) is 17.3 Å². The largest absolute Gasteiger partial charge is 0.507 e. The van der Waals surface area contributed by atoms with Crippen LogP contribution in [0.25, 0.3) is 0 Å². The number of thioether (sulfide) groups is 1. The highest BCUT2D eigenvalue weighted by molar-refractivity contribution is 14.1. The summed E-state index contributed by atoms with van der Waals surface area (Å²) in [6, 6.07) is 5.37. The summed E-state index contributed by atoms with van der Waals surface area (Å²) in [6.07, 6.45) is 0. The van der Waals surface area contributed by atoms with Crippen molar-refractivity contribution in [2.24, 2.45) is 0 Å². The Labute approximate surface area is 119 Å². The van der Waals surface area contributed by atoms with Gasteiger partial charge in [-0.15, -0.1) is 0 Å². The van der Waals surface area contributed by atoms with Crippen LogP contribution in [0.5, 0.6) is 5.75 Å². The van der Waals surface area contributed by atoms with Crippen molar-refractivity contribution in [1.82, 2.24) is 4.90 Å². The number of nitrogens with zero attached hydrogens (tertiary/aromatic N) is 1. The van der Waals surface area contributed by atoms with Crippen LogP contribution in [0.2, 0.25) is 0 Å². The van der Waals surface area contributed by atoms with E-state index in [1.807, 2.05) is 39.3 Å². The van der Waals surface area contributed by atoms with Crippen molar-refractivity contribution in [2.75, 3.05) is 18.1 Å². The summed E-state index contributed by atoms with van der Waals surface area (Å²) in [4.78, 5) is 14.2. The molecule has 0 aromatic heterocycles. The van der Waals surface area contributed by atoms with E-state index in [4.69, 9.17) is 0 Å². The molecule has 3 nitrogen and oxygen atoms in total. The number of phenolic OH excluding ortho intramolecular Hbond substituents is 1. The van der Waals surface area contributed by atoms with Crippen molar-refractivity contribution in [3.8, 4) is 5.75 Å². The molecule has 92 valence electrons.